The molecule has 1 saturated heterocycles. The van der Waals surface area contributed by atoms with Gasteiger partial charge in [-0.25, -0.2) is 0 Å². The summed E-state index contributed by atoms with van der Waals surface area (Å²) in [7, 11) is 0. The molecule has 0 atom stereocenters. The number of carbonyl (C=O) groups excluding carboxylic acids is 1. The lowest BCUT2D eigenvalue weighted by atomic mass is 9.81. The first kappa shape index (κ1) is 15.4. The van der Waals surface area contributed by atoms with Gasteiger partial charge in [-0.15, -0.1) is 0 Å². The number of hydrogen-bond acceptors (Lipinski definition) is 4. The molecule has 0 aliphatic carbocycles. The molecule has 1 heterocycles. The summed E-state index contributed by atoms with van der Waals surface area (Å²) in [5, 5.41) is 13.1. The molecule has 0 bridgehead atoms. The highest BCUT2D eigenvalue weighted by molar-refractivity contribution is 5.82. The second-order valence-corrected chi connectivity index (χ2v) is 5.21. The molecule has 5 heteroatoms. The van der Waals surface area contributed by atoms with E-state index in [0.29, 0.717) is 45.4 Å². The predicted molar refractivity (Wildman–Crippen MR) is 70.1 cm³/mol. The quantitative estimate of drug-likeness (QED) is 0.644. The zero-order chi connectivity index (χ0) is 13.6. The number of nitrogens with two attached hydrogens (primary N) is 1. The molecule has 1 amide bonds. The molecule has 1 aliphatic rings. The van der Waals surface area contributed by atoms with Gasteiger partial charge in [-0.3, -0.25) is 4.79 Å². The van der Waals surface area contributed by atoms with E-state index in [1.165, 1.54) is 0 Å². The molecule has 106 valence electrons. The molecule has 5 nitrogen and oxygen atoms in total. The topological polar surface area (TPSA) is 84.6 Å². The molecular weight excluding hydrogens is 232 g/mol. The van der Waals surface area contributed by atoms with Crippen LogP contribution in [0.25, 0.3) is 0 Å². The summed E-state index contributed by atoms with van der Waals surface area (Å²) in [6.45, 7) is 5.68. The van der Waals surface area contributed by atoms with Crippen molar-refractivity contribution in [2.24, 2.45) is 11.1 Å². The molecule has 1 aliphatic heterocycles. The van der Waals surface area contributed by atoms with Crippen molar-refractivity contribution in [3.05, 3.63) is 0 Å². The van der Waals surface area contributed by atoms with Gasteiger partial charge >= 0.3 is 0 Å². The van der Waals surface area contributed by atoms with Gasteiger partial charge in [0.05, 0.1) is 11.0 Å². The largest absolute Gasteiger partial charge is 0.388 e. The van der Waals surface area contributed by atoms with Gasteiger partial charge in [-0.2, -0.15) is 0 Å². The summed E-state index contributed by atoms with van der Waals surface area (Å²) in [6, 6.07) is 0. The molecule has 18 heavy (non-hydrogen) atoms. The molecule has 0 saturated carbocycles. The maximum Gasteiger partial charge on any atom is 0.227 e. The number of aliphatic hydroxyl groups is 1. The van der Waals surface area contributed by atoms with Crippen LogP contribution in [0.4, 0.5) is 0 Å². The fourth-order valence-corrected chi connectivity index (χ4v) is 2.31. The number of carbonyl (C=O) groups is 1. The lowest BCUT2D eigenvalue weighted by Gasteiger charge is -2.34. The summed E-state index contributed by atoms with van der Waals surface area (Å²) in [5.41, 5.74) is 4.41. The summed E-state index contributed by atoms with van der Waals surface area (Å²) in [4.78, 5) is 12.2. The molecule has 0 radical (unpaired) electrons. The maximum atomic E-state index is 12.2. The second-order valence-electron chi connectivity index (χ2n) is 5.21. The van der Waals surface area contributed by atoms with Crippen molar-refractivity contribution in [3.63, 3.8) is 0 Å². The molecule has 0 spiro atoms. The summed E-state index contributed by atoms with van der Waals surface area (Å²) in [5.74, 6) is -0.0464. The minimum absolute atomic E-state index is 0.0464. The second kappa shape index (κ2) is 6.50. The van der Waals surface area contributed by atoms with E-state index in [0.717, 1.165) is 0 Å². The van der Waals surface area contributed by atoms with Gasteiger partial charge < -0.3 is 20.9 Å². The fourth-order valence-electron chi connectivity index (χ4n) is 2.31. The van der Waals surface area contributed by atoms with E-state index in [4.69, 9.17) is 10.5 Å². The molecule has 0 aromatic carbocycles. The van der Waals surface area contributed by atoms with E-state index in [1.54, 1.807) is 0 Å². The lowest BCUT2D eigenvalue weighted by Crippen LogP contribution is -2.52. The van der Waals surface area contributed by atoms with Crippen LogP contribution in [0.3, 0.4) is 0 Å². The minimum Gasteiger partial charge on any atom is -0.388 e. The van der Waals surface area contributed by atoms with Gasteiger partial charge in [0.15, 0.2) is 0 Å². The normalized spacial score (nSPS) is 19.6. The van der Waals surface area contributed by atoms with Crippen molar-refractivity contribution < 1.29 is 14.6 Å². The van der Waals surface area contributed by atoms with E-state index in [9.17, 15) is 9.90 Å². The summed E-state index contributed by atoms with van der Waals surface area (Å²) in [6.07, 6.45) is 2.57. The smallest absolute Gasteiger partial charge is 0.227 e. The average molecular weight is 258 g/mol. The number of amides is 1. The highest BCUT2D eigenvalue weighted by Crippen LogP contribution is 2.26. The fraction of sp³-hybridized carbons (Fsp3) is 0.923. The Morgan fingerprint density at radius 1 is 1.39 bits per heavy atom. The Morgan fingerprint density at radius 3 is 2.39 bits per heavy atom. The van der Waals surface area contributed by atoms with Crippen LogP contribution in [0.15, 0.2) is 0 Å². The van der Waals surface area contributed by atoms with Crippen LogP contribution in [0, 0.1) is 5.41 Å². The number of hydrogen-bond donors (Lipinski definition) is 3. The van der Waals surface area contributed by atoms with Gasteiger partial charge in [0.2, 0.25) is 5.91 Å². The number of nitrogens with one attached hydrogen (secondary N) is 1. The van der Waals surface area contributed by atoms with Crippen molar-refractivity contribution in [2.45, 2.75) is 45.1 Å². The van der Waals surface area contributed by atoms with Crippen molar-refractivity contribution in [3.8, 4) is 0 Å². The zero-order valence-corrected chi connectivity index (χ0v) is 11.5. The van der Waals surface area contributed by atoms with E-state index < -0.39 is 11.0 Å². The van der Waals surface area contributed by atoms with Crippen LogP contribution >= 0.6 is 0 Å². The van der Waals surface area contributed by atoms with E-state index >= 15 is 0 Å². The summed E-state index contributed by atoms with van der Waals surface area (Å²) < 4.78 is 5.21. The SMILES string of the molecule is CCC(CC)(CN)C(=O)NCC1(O)CCOCC1. The van der Waals surface area contributed by atoms with Crippen molar-refractivity contribution in [2.75, 3.05) is 26.3 Å². The van der Waals surface area contributed by atoms with Crippen LogP contribution < -0.4 is 11.1 Å². The van der Waals surface area contributed by atoms with E-state index in [1.807, 2.05) is 13.8 Å². The Morgan fingerprint density at radius 2 is 1.94 bits per heavy atom. The molecule has 1 fully saturated rings. The first-order chi connectivity index (χ1) is 8.52. The summed E-state index contributed by atoms with van der Waals surface area (Å²) >= 11 is 0. The highest BCUT2D eigenvalue weighted by atomic mass is 16.5. The molecule has 0 aromatic rings. The van der Waals surface area contributed by atoms with Gasteiger partial charge in [0.1, 0.15) is 0 Å². The highest BCUT2D eigenvalue weighted by Gasteiger charge is 2.36. The molecule has 0 aromatic heterocycles. The Labute approximate surface area is 109 Å². The Bertz CT molecular complexity index is 263. The van der Waals surface area contributed by atoms with Crippen molar-refractivity contribution in [1.29, 1.82) is 0 Å². The Balaban J connectivity index is 2.53. The van der Waals surface area contributed by atoms with Gasteiger partial charge in [-0.1, -0.05) is 13.8 Å². The first-order valence-electron chi connectivity index (χ1n) is 6.80. The van der Waals surface area contributed by atoms with Crippen LogP contribution in [0.2, 0.25) is 0 Å². The van der Waals surface area contributed by atoms with E-state index in [2.05, 4.69) is 5.32 Å². The van der Waals surface area contributed by atoms with Crippen LogP contribution in [-0.2, 0) is 9.53 Å². The van der Waals surface area contributed by atoms with Gasteiger partial charge in [-0.05, 0) is 12.8 Å². The average Bonchev–Trinajstić information content (AvgIpc) is 2.40. The molecule has 4 N–H and O–H groups in total. The van der Waals surface area contributed by atoms with Crippen molar-refractivity contribution in [1.82, 2.24) is 5.32 Å². The van der Waals surface area contributed by atoms with Crippen LogP contribution in [0.5, 0.6) is 0 Å². The van der Waals surface area contributed by atoms with Crippen LogP contribution in [-0.4, -0.2) is 42.9 Å². The molecule has 0 unspecified atom stereocenters. The number of ether oxygens (including phenoxy) is 1. The van der Waals surface area contributed by atoms with Crippen molar-refractivity contribution >= 4 is 5.91 Å². The van der Waals surface area contributed by atoms with Gasteiger partial charge in [0.25, 0.3) is 0 Å². The Kier molecular flexibility index (Phi) is 5.56. The van der Waals surface area contributed by atoms with Crippen LogP contribution in [0.1, 0.15) is 39.5 Å². The maximum absolute atomic E-state index is 12.2. The minimum atomic E-state index is -0.824. The first-order valence-corrected chi connectivity index (χ1v) is 6.80. The third-order valence-corrected chi connectivity index (χ3v) is 4.23. The standard InChI is InChI=1S/C13H26N2O3/c1-3-12(4-2,9-14)11(16)15-10-13(17)5-7-18-8-6-13/h17H,3-10,14H2,1-2H3,(H,15,16). The number of rotatable bonds is 6. The third-order valence-electron chi connectivity index (χ3n) is 4.23. The Hall–Kier alpha value is -0.650. The van der Waals surface area contributed by atoms with E-state index in [-0.39, 0.29) is 12.5 Å². The molecular formula is C13H26N2O3. The van der Waals surface area contributed by atoms with Gasteiger partial charge in [0, 0.05) is 39.1 Å². The monoisotopic (exact) mass is 258 g/mol. The third kappa shape index (κ3) is 3.43. The molecule has 1 rings (SSSR count). The predicted octanol–water partition coefficient (Wildman–Crippen LogP) is 0.409. The zero-order valence-electron chi connectivity index (χ0n) is 11.5. The lowest BCUT2D eigenvalue weighted by molar-refractivity contribution is -0.133.